The fourth-order valence-electron chi connectivity index (χ4n) is 2.33. The maximum absolute atomic E-state index is 12.8. The van der Waals surface area contributed by atoms with Gasteiger partial charge >= 0.3 is 0 Å². The number of carbonyl (C=O) groups is 1. The second-order valence-electron chi connectivity index (χ2n) is 5.36. The van der Waals surface area contributed by atoms with Crippen LogP contribution in [0.2, 0.25) is 0 Å². The van der Waals surface area contributed by atoms with Crippen LogP contribution in [0.3, 0.4) is 0 Å². The van der Waals surface area contributed by atoms with Crippen molar-refractivity contribution in [3.8, 4) is 0 Å². The Kier molecular flexibility index (Phi) is 4.81. The summed E-state index contributed by atoms with van der Waals surface area (Å²) in [5.74, 6) is 0.254. The minimum atomic E-state index is -0.590. The predicted octanol–water partition coefficient (Wildman–Crippen LogP) is 3.58. The molecule has 5 nitrogen and oxygen atoms in total. The molecular weight excluding hydrogens is 300 g/mol. The third kappa shape index (κ3) is 3.95. The molecule has 0 spiro atoms. The van der Waals surface area contributed by atoms with Gasteiger partial charge in [-0.25, -0.2) is 9.97 Å². The van der Waals surface area contributed by atoms with E-state index < -0.39 is 6.04 Å². The lowest BCUT2D eigenvalue weighted by Gasteiger charge is -2.19. The van der Waals surface area contributed by atoms with Crippen LogP contribution in [0.1, 0.15) is 17.3 Å². The average molecular weight is 318 g/mol. The zero-order chi connectivity index (χ0) is 16.8. The molecule has 120 valence electrons. The van der Waals surface area contributed by atoms with E-state index in [9.17, 15) is 4.79 Å². The van der Waals surface area contributed by atoms with Crippen molar-refractivity contribution >= 4 is 17.5 Å². The van der Waals surface area contributed by atoms with Gasteiger partial charge in [-0.3, -0.25) is 4.79 Å². The van der Waals surface area contributed by atoms with Gasteiger partial charge < -0.3 is 10.6 Å². The number of aromatic nitrogens is 2. The molecule has 2 N–H and O–H groups in total. The molecule has 0 aliphatic carbocycles. The molecule has 1 atom stereocenters. The van der Waals surface area contributed by atoms with Crippen LogP contribution in [0.5, 0.6) is 0 Å². The normalized spacial score (nSPS) is 11.5. The lowest BCUT2D eigenvalue weighted by atomic mass is 10.1. The smallest absolute Gasteiger partial charge is 0.251 e. The fraction of sp³-hybridized carbons (Fsp3) is 0.105. The van der Waals surface area contributed by atoms with Gasteiger partial charge in [-0.1, -0.05) is 48.5 Å². The molecule has 1 amide bonds. The molecule has 0 saturated carbocycles. The third-order valence-electron chi connectivity index (χ3n) is 3.50. The van der Waals surface area contributed by atoms with Gasteiger partial charge in [-0.05, 0) is 30.7 Å². The summed E-state index contributed by atoms with van der Waals surface area (Å²) < 4.78 is 0. The molecule has 1 aromatic heterocycles. The first-order valence-corrected chi connectivity index (χ1v) is 7.69. The molecule has 24 heavy (non-hydrogen) atoms. The SMILES string of the molecule is Cc1ccnc(N[C@@H](C(=O)Nc2ccccc2)c2ccccc2)n1. The first-order chi connectivity index (χ1) is 11.7. The van der Waals surface area contributed by atoms with Crippen molar-refractivity contribution in [3.63, 3.8) is 0 Å². The number of nitrogens with zero attached hydrogens (tertiary/aromatic N) is 2. The molecule has 0 radical (unpaired) electrons. The highest BCUT2D eigenvalue weighted by molar-refractivity contribution is 5.97. The Morgan fingerprint density at radius 2 is 1.62 bits per heavy atom. The van der Waals surface area contributed by atoms with Gasteiger partial charge in [0.2, 0.25) is 5.95 Å². The van der Waals surface area contributed by atoms with Gasteiger partial charge in [-0.2, -0.15) is 0 Å². The Labute approximate surface area is 140 Å². The number of anilines is 2. The number of amides is 1. The second kappa shape index (κ2) is 7.37. The van der Waals surface area contributed by atoms with E-state index in [1.54, 1.807) is 6.20 Å². The molecule has 0 fully saturated rings. The van der Waals surface area contributed by atoms with Crippen LogP contribution in [0.4, 0.5) is 11.6 Å². The summed E-state index contributed by atoms with van der Waals surface area (Å²) in [6, 6.07) is 20.1. The number of aryl methyl sites for hydroxylation is 1. The number of hydrogen-bond acceptors (Lipinski definition) is 4. The van der Waals surface area contributed by atoms with Crippen molar-refractivity contribution < 1.29 is 4.79 Å². The van der Waals surface area contributed by atoms with E-state index in [4.69, 9.17) is 0 Å². The Bertz CT molecular complexity index is 806. The third-order valence-corrected chi connectivity index (χ3v) is 3.50. The highest BCUT2D eigenvalue weighted by atomic mass is 16.2. The van der Waals surface area contributed by atoms with Gasteiger partial charge in [0.1, 0.15) is 6.04 Å². The van der Waals surface area contributed by atoms with Crippen molar-refractivity contribution in [2.24, 2.45) is 0 Å². The zero-order valence-corrected chi connectivity index (χ0v) is 13.3. The summed E-state index contributed by atoms with van der Waals surface area (Å²) in [7, 11) is 0. The standard InChI is InChI=1S/C19H18N4O/c1-14-12-13-20-19(21-14)23-17(15-8-4-2-5-9-15)18(24)22-16-10-6-3-7-11-16/h2-13,17H,1H3,(H,22,24)(H,20,21,23)/t17-/m1/s1. The van der Waals surface area contributed by atoms with E-state index in [1.807, 2.05) is 73.7 Å². The minimum absolute atomic E-state index is 0.169. The van der Waals surface area contributed by atoms with Gasteiger partial charge in [0.15, 0.2) is 0 Å². The topological polar surface area (TPSA) is 66.9 Å². The summed E-state index contributed by atoms with van der Waals surface area (Å²) in [6.07, 6.45) is 1.67. The summed E-state index contributed by atoms with van der Waals surface area (Å²) >= 11 is 0. The number of nitrogens with one attached hydrogen (secondary N) is 2. The lowest BCUT2D eigenvalue weighted by molar-refractivity contribution is -0.117. The van der Waals surface area contributed by atoms with E-state index in [-0.39, 0.29) is 5.91 Å². The van der Waals surface area contributed by atoms with Crippen molar-refractivity contribution in [2.45, 2.75) is 13.0 Å². The highest BCUT2D eigenvalue weighted by Crippen LogP contribution is 2.19. The average Bonchev–Trinajstić information content (AvgIpc) is 2.61. The van der Waals surface area contributed by atoms with E-state index in [0.29, 0.717) is 5.95 Å². The maximum atomic E-state index is 12.8. The van der Waals surface area contributed by atoms with Crippen LogP contribution >= 0.6 is 0 Å². The number of rotatable bonds is 5. The molecule has 3 rings (SSSR count). The first kappa shape index (κ1) is 15.7. The molecular formula is C19H18N4O. The fourth-order valence-corrected chi connectivity index (χ4v) is 2.33. The van der Waals surface area contributed by atoms with Gasteiger partial charge in [-0.15, -0.1) is 0 Å². The van der Waals surface area contributed by atoms with Crippen LogP contribution in [0.15, 0.2) is 72.9 Å². The molecule has 1 heterocycles. The molecule has 0 bridgehead atoms. The lowest BCUT2D eigenvalue weighted by Crippen LogP contribution is -2.28. The number of hydrogen-bond donors (Lipinski definition) is 2. The molecule has 2 aromatic carbocycles. The molecule has 3 aromatic rings. The van der Waals surface area contributed by atoms with Crippen LogP contribution < -0.4 is 10.6 Å². The Morgan fingerprint density at radius 1 is 0.958 bits per heavy atom. The number of carbonyl (C=O) groups excluding carboxylic acids is 1. The number of benzene rings is 2. The summed E-state index contributed by atoms with van der Waals surface area (Å²) in [5.41, 5.74) is 2.43. The largest absolute Gasteiger partial charge is 0.339 e. The summed E-state index contributed by atoms with van der Waals surface area (Å²) in [5, 5.41) is 6.04. The Morgan fingerprint density at radius 3 is 2.29 bits per heavy atom. The molecule has 0 saturated heterocycles. The Balaban J connectivity index is 1.86. The van der Waals surface area contributed by atoms with E-state index in [1.165, 1.54) is 0 Å². The Hall–Kier alpha value is -3.21. The van der Waals surface area contributed by atoms with E-state index in [0.717, 1.165) is 16.9 Å². The maximum Gasteiger partial charge on any atom is 0.251 e. The highest BCUT2D eigenvalue weighted by Gasteiger charge is 2.21. The second-order valence-corrected chi connectivity index (χ2v) is 5.36. The van der Waals surface area contributed by atoms with Crippen molar-refractivity contribution in [1.29, 1.82) is 0 Å². The molecule has 0 unspecified atom stereocenters. The monoisotopic (exact) mass is 318 g/mol. The molecule has 0 aliphatic heterocycles. The van der Waals surface area contributed by atoms with Crippen LogP contribution in [0, 0.1) is 6.92 Å². The molecule has 0 aliphatic rings. The zero-order valence-electron chi connectivity index (χ0n) is 13.3. The van der Waals surface area contributed by atoms with Gasteiger partial charge in [0.25, 0.3) is 5.91 Å². The van der Waals surface area contributed by atoms with Crippen molar-refractivity contribution in [1.82, 2.24) is 9.97 Å². The van der Waals surface area contributed by atoms with Crippen LogP contribution in [-0.4, -0.2) is 15.9 Å². The van der Waals surface area contributed by atoms with E-state index in [2.05, 4.69) is 20.6 Å². The van der Waals surface area contributed by atoms with Crippen molar-refractivity contribution in [2.75, 3.05) is 10.6 Å². The van der Waals surface area contributed by atoms with Crippen LogP contribution in [0.25, 0.3) is 0 Å². The predicted molar refractivity (Wildman–Crippen MR) is 94.6 cm³/mol. The minimum Gasteiger partial charge on any atom is -0.339 e. The summed E-state index contributed by atoms with van der Waals surface area (Å²) in [6.45, 7) is 1.88. The molecule has 5 heteroatoms. The van der Waals surface area contributed by atoms with Gasteiger partial charge in [0.05, 0.1) is 0 Å². The summed E-state index contributed by atoms with van der Waals surface area (Å²) in [4.78, 5) is 21.3. The van der Waals surface area contributed by atoms with Crippen LogP contribution in [-0.2, 0) is 4.79 Å². The van der Waals surface area contributed by atoms with Crippen molar-refractivity contribution in [3.05, 3.63) is 84.2 Å². The van der Waals surface area contributed by atoms with E-state index >= 15 is 0 Å². The first-order valence-electron chi connectivity index (χ1n) is 7.69. The number of para-hydroxylation sites is 1. The van der Waals surface area contributed by atoms with Gasteiger partial charge in [0, 0.05) is 17.6 Å². The quantitative estimate of drug-likeness (QED) is 0.754.